The molecule has 2 aromatic carbocycles. The number of ether oxygens (including phenoxy) is 1. The molecule has 0 fully saturated rings. The van der Waals surface area contributed by atoms with Crippen molar-refractivity contribution in [3.8, 4) is 5.75 Å². The minimum Gasteiger partial charge on any atom is -0.494 e. The summed E-state index contributed by atoms with van der Waals surface area (Å²) in [5, 5.41) is 0. The van der Waals surface area contributed by atoms with Crippen molar-refractivity contribution in [3.63, 3.8) is 0 Å². The molecule has 0 aliphatic carbocycles. The van der Waals surface area contributed by atoms with Crippen LogP contribution in [0.3, 0.4) is 0 Å². The molecule has 2 aromatic rings. The van der Waals surface area contributed by atoms with Gasteiger partial charge in [-0.05, 0) is 60.7 Å². The van der Waals surface area contributed by atoms with Gasteiger partial charge in [-0.1, -0.05) is 82.9 Å². The van der Waals surface area contributed by atoms with Crippen molar-refractivity contribution >= 4 is 23.6 Å². The normalized spacial score (nSPS) is 11.2. The van der Waals surface area contributed by atoms with Gasteiger partial charge in [0.15, 0.2) is 5.78 Å². The molecule has 0 saturated carbocycles. The van der Waals surface area contributed by atoms with Crippen molar-refractivity contribution in [1.82, 2.24) is 0 Å². The molecule has 3 heteroatoms. The van der Waals surface area contributed by atoms with Crippen LogP contribution >= 0.6 is 11.8 Å². The van der Waals surface area contributed by atoms with E-state index in [4.69, 9.17) is 4.74 Å². The number of hydrogen-bond donors (Lipinski definition) is 0. The van der Waals surface area contributed by atoms with E-state index in [0.29, 0.717) is 5.56 Å². The van der Waals surface area contributed by atoms with Gasteiger partial charge in [-0.15, -0.1) is 11.8 Å². The standard InChI is InChI=1S/C28H38O2S/c1-3-4-5-6-7-8-9-10-11-12-23-30-26-18-16-25(17-19-26)28(29)22-15-24-13-20-27(31-2)21-14-24/h13-22H,3-12,23H2,1-2H3/b22-15+. The Morgan fingerprint density at radius 2 is 1.39 bits per heavy atom. The van der Waals surface area contributed by atoms with Gasteiger partial charge < -0.3 is 4.74 Å². The predicted molar refractivity (Wildman–Crippen MR) is 135 cm³/mol. The molecule has 0 atom stereocenters. The lowest BCUT2D eigenvalue weighted by molar-refractivity contribution is 0.104. The van der Waals surface area contributed by atoms with Gasteiger partial charge >= 0.3 is 0 Å². The molecule has 168 valence electrons. The van der Waals surface area contributed by atoms with E-state index >= 15 is 0 Å². The molecule has 0 N–H and O–H groups in total. The van der Waals surface area contributed by atoms with Crippen molar-refractivity contribution < 1.29 is 9.53 Å². The molecule has 2 rings (SSSR count). The first-order chi connectivity index (χ1) is 15.2. The lowest BCUT2D eigenvalue weighted by Gasteiger charge is -2.07. The molecule has 0 heterocycles. The van der Waals surface area contributed by atoms with Crippen molar-refractivity contribution in [2.45, 2.75) is 76.0 Å². The highest BCUT2D eigenvalue weighted by atomic mass is 32.2. The topological polar surface area (TPSA) is 26.3 Å². The van der Waals surface area contributed by atoms with E-state index in [1.165, 1.54) is 62.7 Å². The Morgan fingerprint density at radius 3 is 1.97 bits per heavy atom. The zero-order valence-corrected chi connectivity index (χ0v) is 20.1. The summed E-state index contributed by atoms with van der Waals surface area (Å²) < 4.78 is 5.83. The lowest BCUT2D eigenvalue weighted by atomic mass is 10.1. The van der Waals surface area contributed by atoms with Crippen LogP contribution in [0.4, 0.5) is 0 Å². The van der Waals surface area contributed by atoms with Crippen LogP contribution in [-0.2, 0) is 0 Å². The van der Waals surface area contributed by atoms with Gasteiger partial charge in [0.05, 0.1) is 6.61 Å². The molecular weight excluding hydrogens is 400 g/mol. The molecule has 0 bridgehead atoms. The third-order valence-corrected chi connectivity index (χ3v) is 6.19. The quantitative estimate of drug-likeness (QED) is 0.114. The smallest absolute Gasteiger partial charge is 0.185 e. The van der Waals surface area contributed by atoms with Crippen molar-refractivity contribution in [3.05, 3.63) is 65.7 Å². The summed E-state index contributed by atoms with van der Waals surface area (Å²) in [5.41, 5.74) is 1.71. The fourth-order valence-electron chi connectivity index (χ4n) is 3.48. The third-order valence-electron chi connectivity index (χ3n) is 5.45. The Labute approximate surface area is 193 Å². The minimum absolute atomic E-state index is 0.00943. The van der Waals surface area contributed by atoms with Crippen LogP contribution in [0.1, 0.15) is 87.1 Å². The SMILES string of the molecule is CCCCCCCCCCCCOc1ccc(C(=O)/C=C/c2ccc(SC)cc2)cc1. The largest absolute Gasteiger partial charge is 0.494 e. The number of carbonyl (C=O) groups excluding carboxylic acids is 1. The molecule has 0 aliphatic heterocycles. The Hall–Kier alpha value is -2.00. The molecule has 0 amide bonds. The van der Waals surface area contributed by atoms with E-state index in [1.54, 1.807) is 17.8 Å². The van der Waals surface area contributed by atoms with Crippen LogP contribution in [0.5, 0.6) is 5.75 Å². The second-order valence-corrected chi connectivity index (χ2v) is 8.91. The fourth-order valence-corrected chi connectivity index (χ4v) is 3.89. The van der Waals surface area contributed by atoms with Gasteiger partial charge in [-0.25, -0.2) is 0 Å². The van der Waals surface area contributed by atoms with Crippen LogP contribution < -0.4 is 4.74 Å². The van der Waals surface area contributed by atoms with E-state index in [-0.39, 0.29) is 5.78 Å². The predicted octanol–water partition coefficient (Wildman–Crippen LogP) is 8.60. The van der Waals surface area contributed by atoms with Gasteiger partial charge in [-0.2, -0.15) is 0 Å². The maximum absolute atomic E-state index is 12.4. The molecule has 0 saturated heterocycles. The molecule has 0 unspecified atom stereocenters. The first kappa shape index (κ1) is 25.3. The lowest BCUT2D eigenvalue weighted by Crippen LogP contribution is -1.99. The molecule has 0 aromatic heterocycles. The summed E-state index contributed by atoms with van der Waals surface area (Å²) >= 11 is 1.71. The summed E-state index contributed by atoms with van der Waals surface area (Å²) in [6.07, 6.45) is 18.8. The third kappa shape index (κ3) is 10.7. The summed E-state index contributed by atoms with van der Waals surface area (Å²) in [5.74, 6) is 0.847. The Morgan fingerprint density at radius 1 is 0.806 bits per heavy atom. The molecule has 0 radical (unpaired) electrons. The van der Waals surface area contributed by atoms with Crippen LogP contribution in [0.25, 0.3) is 6.08 Å². The molecule has 0 aliphatic rings. The summed E-state index contributed by atoms with van der Waals surface area (Å²) in [6, 6.07) is 15.7. The summed E-state index contributed by atoms with van der Waals surface area (Å²) in [6.45, 7) is 3.01. The van der Waals surface area contributed by atoms with Crippen LogP contribution in [-0.4, -0.2) is 18.6 Å². The van der Waals surface area contributed by atoms with Gasteiger partial charge in [0.1, 0.15) is 5.75 Å². The maximum atomic E-state index is 12.4. The van der Waals surface area contributed by atoms with Crippen LogP contribution in [0.15, 0.2) is 59.5 Å². The van der Waals surface area contributed by atoms with Gasteiger partial charge in [0, 0.05) is 10.5 Å². The zero-order chi connectivity index (χ0) is 22.2. The molecule has 0 spiro atoms. The van der Waals surface area contributed by atoms with E-state index in [1.807, 2.05) is 42.5 Å². The van der Waals surface area contributed by atoms with Crippen LogP contribution in [0.2, 0.25) is 0 Å². The highest BCUT2D eigenvalue weighted by molar-refractivity contribution is 7.98. The molecule has 31 heavy (non-hydrogen) atoms. The van der Waals surface area contributed by atoms with Crippen molar-refractivity contribution in [1.29, 1.82) is 0 Å². The Balaban J connectivity index is 1.60. The van der Waals surface area contributed by atoms with Gasteiger partial charge in [-0.3, -0.25) is 4.79 Å². The van der Waals surface area contributed by atoms with Crippen LogP contribution in [0, 0.1) is 0 Å². The van der Waals surface area contributed by atoms with E-state index in [9.17, 15) is 4.79 Å². The molecule has 2 nitrogen and oxygen atoms in total. The highest BCUT2D eigenvalue weighted by Crippen LogP contribution is 2.17. The monoisotopic (exact) mass is 438 g/mol. The number of ketones is 1. The number of hydrogen-bond acceptors (Lipinski definition) is 3. The van der Waals surface area contributed by atoms with Crippen molar-refractivity contribution in [2.75, 3.05) is 12.9 Å². The molecular formula is C28H38O2S. The van der Waals surface area contributed by atoms with Crippen molar-refractivity contribution in [2.24, 2.45) is 0 Å². The van der Waals surface area contributed by atoms with E-state index in [2.05, 4.69) is 25.3 Å². The first-order valence-electron chi connectivity index (χ1n) is 11.8. The second kappa shape index (κ2) is 15.8. The summed E-state index contributed by atoms with van der Waals surface area (Å²) in [4.78, 5) is 13.6. The number of carbonyl (C=O) groups is 1. The average molecular weight is 439 g/mol. The van der Waals surface area contributed by atoms with Gasteiger partial charge in [0.2, 0.25) is 0 Å². The highest BCUT2D eigenvalue weighted by Gasteiger charge is 2.03. The Kier molecular flexibility index (Phi) is 12.8. The number of rotatable bonds is 16. The van der Waals surface area contributed by atoms with Gasteiger partial charge in [0.25, 0.3) is 0 Å². The van der Waals surface area contributed by atoms with E-state index in [0.717, 1.165) is 24.3 Å². The maximum Gasteiger partial charge on any atom is 0.185 e. The second-order valence-electron chi connectivity index (χ2n) is 8.03. The number of thioether (sulfide) groups is 1. The number of allylic oxidation sites excluding steroid dienone is 1. The zero-order valence-electron chi connectivity index (χ0n) is 19.3. The first-order valence-corrected chi connectivity index (χ1v) is 13.0. The Bertz CT molecular complexity index is 763. The number of benzene rings is 2. The van der Waals surface area contributed by atoms with E-state index < -0.39 is 0 Å². The minimum atomic E-state index is 0.00943. The number of unbranched alkanes of at least 4 members (excludes halogenated alkanes) is 9. The average Bonchev–Trinajstić information content (AvgIpc) is 2.81. The summed E-state index contributed by atoms with van der Waals surface area (Å²) in [7, 11) is 0. The fraction of sp³-hybridized carbons (Fsp3) is 0.464.